The van der Waals surface area contributed by atoms with Crippen molar-refractivity contribution in [2.45, 2.75) is 38.5 Å². The second-order valence-corrected chi connectivity index (χ2v) is 8.46. The van der Waals surface area contributed by atoms with Crippen LogP contribution in [0.15, 0.2) is 41.2 Å². The van der Waals surface area contributed by atoms with Crippen LogP contribution in [-0.2, 0) is 12.8 Å². The average Bonchev–Trinajstić information content (AvgIpc) is 3.03. The van der Waals surface area contributed by atoms with Gasteiger partial charge in [-0.25, -0.2) is 4.98 Å². The number of methoxy groups -OCH3 is 1. The summed E-state index contributed by atoms with van der Waals surface area (Å²) < 4.78 is 5.62. The molecule has 0 spiro atoms. The minimum absolute atomic E-state index is 0.0342. The maximum absolute atomic E-state index is 13.1. The van der Waals surface area contributed by atoms with Crippen molar-refractivity contribution >= 4 is 32.3 Å². The highest BCUT2D eigenvalue weighted by Crippen LogP contribution is 2.37. The van der Waals surface area contributed by atoms with E-state index in [1.165, 1.54) is 29.7 Å². The standard InChI is InChI=1S/C23H22N2O2S/c1-27-17-13-12-14-8-6-7-9-15(14)19(17)21-24-22(26)20-16-10-4-2-3-5-11-18(16)28-23(20)25-21/h6-9,12-13H,2-5,10-11H2,1H3,(H,24,25,26). The van der Waals surface area contributed by atoms with Crippen molar-refractivity contribution in [3.8, 4) is 17.1 Å². The Morgan fingerprint density at radius 1 is 1.04 bits per heavy atom. The van der Waals surface area contributed by atoms with Gasteiger partial charge in [-0.05, 0) is 48.1 Å². The molecule has 4 nitrogen and oxygen atoms in total. The number of ether oxygens (including phenoxy) is 1. The third-order valence-corrected chi connectivity index (χ3v) is 6.86. The summed E-state index contributed by atoms with van der Waals surface area (Å²) in [4.78, 5) is 23.3. The molecule has 1 aliphatic carbocycles. The normalized spacial score (nSPS) is 14.6. The number of aromatic amines is 1. The molecular weight excluding hydrogens is 368 g/mol. The largest absolute Gasteiger partial charge is 0.496 e. The smallest absolute Gasteiger partial charge is 0.260 e. The molecule has 0 radical (unpaired) electrons. The van der Waals surface area contributed by atoms with Crippen molar-refractivity contribution in [3.05, 3.63) is 57.2 Å². The number of hydrogen-bond donors (Lipinski definition) is 1. The van der Waals surface area contributed by atoms with E-state index in [-0.39, 0.29) is 5.56 Å². The van der Waals surface area contributed by atoms with Crippen LogP contribution >= 0.6 is 11.3 Å². The van der Waals surface area contributed by atoms with Gasteiger partial charge in [0.1, 0.15) is 16.4 Å². The highest BCUT2D eigenvalue weighted by molar-refractivity contribution is 7.18. The first-order valence-corrected chi connectivity index (χ1v) is 10.7. The van der Waals surface area contributed by atoms with Crippen molar-refractivity contribution in [1.82, 2.24) is 9.97 Å². The van der Waals surface area contributed by atoms with Gasteiger partial charge in [-0.2, -0.15) is 0 Å². The monoisotopic (exact) mass is 390 g/mol. The average molecular weight is 391 g/mol. The molecule has 0 amide bonds. The molecule has 0 bridgehead atoms. The molecule has 0 atom stereocenters. The van der Waals surface area contributed by atoms with Crippen molar-refractivity contribution in [3.63, 3.8) is 0 Å². The minimum atomic E-state index is -0.0342. The summed E-state index contributed by atoms with van der Waals surface area (Å²) in [5.41, 5.74) is 2.04. The van der Waals surface area contributed by atoms with Gasteiger partial charge in [0.25, 0.3) is 5.56 Å². The number of hydrogen-bond acceptors (Lipinski definition) is 4. The van der Waals surface area contributed by atoms with Crippen LogP contribution in [0.2, 0.25) is 0 Å². The lowest BCUT2D eigenvalue weighted by atomic mass is 9.98. The molecule has 1 N–H and O–H groups in total. The number of thiophene rings is 1. The van der Waals surface area contributed by atoms with E-state index in [1.54, 1.807) is 18.4 Å². The van der Waals surface area contributed by atoms with Crippen LogP contribution in [-0.4, -0.2) is 17.1 Å². The zero-order valence-electron chi connectivity index (χ0n) is 15.9. The molecule has 5 rings (SSSR count). The van der Waals surface area contributed by atoms with E-state index in [0.717, 1.165) is 51.6 Å². The van der Waals surface area contributed by atoms with E-state index < -0.39 is 0 Å². The zero-order valence-corrected chi connectivity index (χ0v) is 16.7. The van der Waals surface area contributed by atoms with Gasteiger partial charge in [-0.15, -0.1) is 11.3 Å². The SMILES string of the molecule is COc1ccc2ccccc2c1-c1nc2sc3c(c2c(=O)[nH]1)CCCCCC3. The summed E-state index contributed by atoms with van der Waals surface area (Å²) in [6.45, 7) is 0. The van der Waals surface area contributed by atoms with Gasteiger partial charge in [0, 0.05) is 4.88 Å². The van der Waals surface area contributed by atoms with E-state index in [4.69, 9.17) is 9.72 Å². The Labute approximate surface area is 167 Å². The molecule has 5 heteroatoms. The fourth-order valence-corrected chi connectivity index (χ4v) is 5.56. The van der Waals surface area contributed by atoms with Crippen LogP contribution in [0, 0.1) is 0 Å². The molecule has 0 aliphatic heterocycles. The van der Waals surface area contributed by atoms with Gasteiger partial charge in [-0.1, -0.05) is 43.2 Å². The van der Waals surface area contributed by atoms with Gasteiger partial charge < -0.3 is 9.72 Å². The maximum atomic E-state index is 13.1. The van der Waals surface area contributed by atoms with Crippen molar-refractivity contribution in [2.75, 3.05) is 7.11 Å². The van der Waals surface area contributed by atoms with Crippen LogP contribution in [0.4, 0.5) is 0 Å². The molecule has 2 aromatic carbocycles. The van der Waals surface area contributed by atoms with Crippen molar-refractivity contribution in [1.29, 1.82) is 0 Å². The summed E-state index contributed by atoms with van der Waals surface area (Å²) in [7, 11) is 1.65. The fourth-order valence-electron chi connectivity index (χ4n) is 4.30. The van der Waals surface area contributed by atoms with Crippen LogP contribution in [0.5, 0.6) is 5.75 Å². The molecule has 142 valence electrons. The molecule has 2 heterocycles. The molecule has 28 heavy (non-hydrogen) atoms. The second-order valence-electron chi connectivity index (χ2n) is 7.38. The van der Waals surface area contributed by atoms with Crippen LogP contribution < -0.4 is 10.3 Å². The summed E-state index contributed by atoms with van der Waals surface area (Å²) in [6.07, 6.45) is 6.90. The Hall–Kier alpha value is -2.66. The summed E-state index contributed by atoms with van der Waals surface area (Å²) in [5, 5.41) is 2.92. The summed E-state index contributed by atoms with van der Waals surface area (Å²) >= 11 is 1.69. The predicted molar refractivity (Wildman–Crippen MR) is 116 cm³/mol. The van der Waals surface area contributed by atoms with Gasteiger partial charge in [0.2, 0.25) is 0 Å². The van der Waals surface area contributed by atoms with E-state index in [2.05, 4.69) is 11.1 Å². The maximum Gasteiger partial charge on any atom is 0.260 e. The van der Waals surface area contributed by atoms with Crippen LogP contribution in [0.1, 0.15) is 36.1 Å². The lowest BCUT2D eigenvalue weighted by Gasteiger charge is -2.12. The highest BCUT2D eigenvalue weighted by atomic mass is 32.1. The molecule has 0 unspecified atom stereocenters. The Morgan fingerprint density at radius 2 is 1.86 bits per heavy atom. The summed E-state index contributed by atoms with van der Waals surface area (Å²) in [5.74, 6) is 1.30. The molecule has 2 aromatic heterocycles. The molecule has 0 saturated heterocycles. The van der Waals surface area contributed by atoms with E-state index in [0.29, 0.717) is 5.82 Å². The Morgan fingerprint density at radius 3 is 2.71 bits per heavy atom. The summed E-state index contributed by atoms with van der Waals surface area (Å²) in [6, 6.07) is 12.1. The van der Waals surface area contributed by atoms with Crippen molar-refractivity contribution in [2.24, 2.45) is 0 Å². The predicted octanol–water partition coefficient (Wildman–Crippen LogP) is 5.47. The number of aryl methyl sites for hydroxylation is 2. The molecule has 4 aromatic rings. The second kappa shape index (κ2) is 7.06. The number of rotatable bonds is 2. The van der Waals surface area contributed by atoms with E-state index in [1.807, 2.05) is 30.3 Å². The third-order valence-electron chi connectivity index (χ3n) is 5.67. The van der Waals surface area contributed by atoms with E-state index in [9.17, 15) is 4.79 Å². The third kappa shape index (κ3) is 2.81. The van der Waals surface area contributed by atoms with Gasteiger partial charge in [0.15, 0.2) is 0 Å². The van der Waals surface area contributed by atoms with Crippen LogP contribution in [0.3, 0.4) is 0 Å². The number of nitrogens with zero attached hydrogens (tertiary/aromatic N) is 1. The number of aromatic nitrogens is 2. The highest BCUT2D eigenvalue weighted by Gasteiger charge is 2.20. The minimum Gasteiger partial charge on any atom is -0.496 e. The topological polar surface area (TPSA) is 55.0 Å². The zero-order chi connectivity index (χ0) is 19.1. The van der Waals surface area contributed by atoms with Crippen molar-refractivity contribution < 1.29 is 4.74 Å². The first-order chi connectivity index (χ1) is 13.8. The Balaban J connectivity index is 1.77. The Kier molecular flexibility index (Phi) is 4.40. The number of benzene rings is 2. The molecule has 0 saturated carbocycles. The number of H-pyrrole nitrogens is 1. The van der Waals surface area contributed by atoms with E-state index >= 15 is 0 Å². The first-order valence-electron chi connectivity index (χ1n) is 9.87. The first kappa shape index (κ1) is 17.4. The number of nitrogens with one attached hydrogen (secondary N) is 1. The Bertz CT molecular complexity index is 1240. The lowest BCUT2D eigenvalue weighted by molar-refractivity contribution is 0.416. The molecule has 1 aliphatic rings. The quantitative estimate of drug-likeness (QED) is 0.494. The fraction of sp³-hybridized carbons (Fsp3) is 0.304. The molecular formula is C23H22N2O2S. The van der Waals surface area contributed by atoms with Crippen LogP contribution in [0.25, 0.3) is 32.4 Å². The molecule has 0 fully saturated rings. The van der Waals surface area contributed by atoms with Gasteiger partial charge in [0.05, 0.1) is 18.1 Å². The lowest BCUT2D eigenvalue weighted by Crippen LogP contribution is -2.11. The van der Waals surface area contributed by atoms with Gasteiger partial charge in [-0.3, -0.25) is 4.79 Å². The number of fused-ring (bicyclic) bond motifs is 4. The van der Waals surface area contributed by atoms with Gasteiger partial charge >= 0.3 is 0 Å².